The number of halogens is 1. The lowest BCUT2D eigenvalue weighted by molar-refractivity contribution is 0.0530. The lowest BCUT2D eigenvalue weighted by Gasteiger charge is -2.33. The van der Waals surface area contributed by atoms with E-state index in [2.05, 4.69) is 15.3 Å². The highest BCUT2D eigenvalue weighted by atomic mass is 32.2. The van der Waals surface area contributed by atoms with Gasteiger partial charge in [0.15, 0.2) is 15.7 Å². The molecule has 3 unspecified atom stereocenters. The maximum atomic E-state index is 13.6. The van der Waals surface area contributed by atoms with Gasteiger partial charge in [-0.1, -0.05) is 0 Å². The topological polar surface area (TPSA) is 120 Å². The lowest BCUT2D eigenvalue weighted by Crippen LogP contribution is -2.48. The molecular weight excluding hydrogens is 413 g/mol. The zero-order valence-corrected chi connectivity index (χ0v) is 17.7. The molecule has 4 rings (SSSR count). The molecule has 2 aromatic rings. The van der Waals surface area contributed by atoms with Crippen LogP contribution in [-0.4, -0.2) is 57.0 Å². The van der Waals surface area contributed by atoms with Gasteiger partial charge in [-0.15, -0.1) is 0 Å². The van der Waals surface area contributed by atoms with Crippen molar-refractivity contribution in [3.8, 4) is 5.75 Å². The van der Waals surface area contributed by atoms with Crippen molar-refractivity contribution < 1.29 is 22.3 Å². The van der Waals surface area contributed by atoms with Crippen molar-refractivity contribution in [2.45, 2.75) is 35.8 Å². The summed E-state index contributed by atoms with van der Waals surface area (Å²) in [4.78, 5) is 10.5. The van der Waals surface area contributed by atoms with Gasteiger partial charge in [-0.25, -0.2) is 22.8 Å². The number of hydrogen-bond acceptors (Lipinski definition) is 9. The van der Waals surface area contributed by atoms with Crippen molar-refractivity contribution in [3.63, 3.8) is 0 Å². The number of anilines is 2. The predicted octanol–water partition coefficient (Wildman–Crippen LogP) is 1.46. The van der Waals surface area contributed by atoms with Crippen molar-refractivity contribution in [1.82, 2.24) is 9.97 Å². The number of morpholine rings is 1. The molecule has 1 fully saturated rings. The van der Waals surface area contributed by atoms with Crippen LogP contribution in [0.3, 0.4) is 0 Å². The molecule has 162 valence electrons. The van der Waals surface area contributed by atoms with E-state index in [4.69, 9.17) is 15.2 Å². The Morgan fingerprint density at radius 3 is 2.87 bits per heavy atom. The smallest absolute Gasteiger partial charge is 0.194 e. The Morgan fingerprint density at radius 1 is 1.40 bits per heavy atom. The Morgan fingerprint density at radius 2 is 2.17 bits per heavy atom. The first-order chi connectivity index (χ1) is 14.1. The van der Waals surface area contributed by atoms with E-state index in [-0.39, 0.29) is 22.4 Å². The van der Waals surface area contributed by atoms with Gasteiger partial charge in [0.05, 0.1) is 25.5 Å². The Kier molecular flexibility index (Phi) is 5.07. The van der Waals surface area contributed by atoms with Crippen LogP contribution in [0, 0.1) is 5.82 Å². The molecule has 9 nitrogen and oxygen atoms in total. The highest BCUT2D eigenvalue weighted by Gasteiger charge is 2.51. The number of hydrogen-bond donors (Lipinski definition) is 2. The fourth-order valence-electron chi connectivity index (χ4n) is 4.05. The third-order valence-electron chi connectivity index (χ3n) is 5.33. The minimum atomic E-state index is -4.09. The second-order valence-electron chi connectivity index (χ2n) is 7.71. The van der Waals surface area contributed by atoms with Gasteiger partial charge in [-0.2, -0.15) is 0 Å². The van der Waals surface area contributed by atoms with Gasteiger partial charge in [0, 0.05) is 19.2 Å². The van der Waals surface area contributed by atoms with E-state index in [1.54, 1.807) is 6.92 Å². The first kappa shape index (κ1) is 20.8. The summed E-state index contributed by atoms with van der Waals surface area (Å²) in [5.74, 6) is -0.108. The normalized spacial score (nSPS) is 26.2. The molecule has 0 amide bonds. The summed E-state index contributed by atoms with van der Waals surface area (Å²) in [6, 6.07) is 3.29. The molecule has 2 aliphatic heterocycles. The van der Waals surface area contributed by atoms with E-state index in [1.165, 1.54) is 19.5 Å². The zero-order valence-electron chi connectivity index (χ0n) is 16.9. The average molecular weight is 437 g/mol. The number of nitrogens with zero attached hydrogens (tertiary/aromatic N) is 3. The zero-order chi connectivity index (χ0) is 21.7. The summed E-state index contributed by atoms with van der Waals surface area (Å²) < 4.78 is 51.6. The third-order valence-corrected chi connectivity index (χ3v) is 7.61. The van der Waals surface area contributed by atoms with Crippen LogP contribution in [0.5, 0.6) is 5.75 Å². The summed E-state index contributed by atoms with van der Waals surface area (Å²) in [7, 11) is -2.80. The number of benzene rings is 1. The van der Waals surface area contributed by atoms with E-state index in [1.807, 2.05) is 11.8 Å². The summed E-state index contributed by atoms with van der Waals surface area (Å²) in [6.07, 6.45) is 1.35. The number of nitrogens with one attached hydrogen (secondary N) is 1. The van der Waals surface area contributed by atoms with Gasteiger partial charge in [-0.3, -0.25) is 0 Å². The minimum absolute atomic E-state index is 0.0121. The largest absolute Gasteiger partial charge is 0.495 e. The predicted molar refractivity (Wildman–Crippen MR) is 109 cm³/mol. The maximum absolute atomic E-state index is 13.6. The molecule has 3 N–H and O–H groups in total. The molecule has 1 aromatic carbocycles. The Hall–Kier alpha value is -2.50. The fourth-order valence-corrected chi connectivity index (χ4v) is 6.16. The van der Waals surface area contributed by atoms with E-state index in [0.717, 1.165) is 12.1 Å². The molecule has 3 atom stereocenters. The molecule has 30 heavy (non-hydrogen) atoms. The van der Waals surface area contributed by atoms with Crippen LogP contribution in [0.25, 0.3) is 0 Å². The SMILES string of the molecule is COc1cc(F)ccc1S(=O)(=O)C1c2ncnc(N3CCOC(C)C3)c2NC1(C)N. The molecule has 11 heteroatoms. The molecule has 0 aliphatic carbocycles. The van der Waals surface area contributed by atoms with Crippen molar-refractivity contribution in [3.05, 3.63) is 36.0 Å². The highest BCUT2D eigenvalue weighted by molar-refractivity contribution is 7.92. The van der Waals surface area contributed by atoms with Crippen LogP contribution in [0.2, 0.25) is 0 Å². The number of aromatic nitrogens is 2. The molecule has 2 aliphatic rings. The van der Waals surface area contributed by atoms with Crippen LogP contribution in [0.15, 0.2) is 29.4 Å². The second kappa shape index (κ2) is 7.33. The van der Waals surface area contributed by atoms with Crippen LogP contribution >= 0.6 is 0 Å². The Bertz CT molecular complexity index is 1080. The quantitative estimate of drug-likeness (QED) is 0.685. The van der Waals surface area contributed by atoms with Crippen LogP contribution in [-0.2, 0) is 14.6 Å². The minimum Gasteiger partial charge on any atom is -0.495 e. The lowest BCUT2D eigenvalue weighted by atomic mass is 10.1. The van der Waals surface area contributed by atoms with E-state index in [0.29, 0.717) is 31.2 Å². The van der Waals surface area contributed by atoms with Gasteiger partial charge in [0.2, 0.25) is 0 Å². The van der Waals surface area contributed by atoms with E-state index in [9.17, 15) is 12.8 Å². The molecule has 3 heterocycles. The number of methoxy groups -OCH3 is 1. The molecule has 0 bridgehead atoms. The summed E-state index contributed by atoms with van der Waals surface area (Å²) in [5, 5.41) is 1.88. The average Bonchev–Trinajstić information content (AvgIpc) is 2.97. The van der Waals surface area contributed by atoms with Gasteiger partial charge in [0.25, 0.3) is 0 Å². The van der Waals surface area contributed by atoms with Crippen molar-refractivity contribution in [2.24, 2.45) is 5.73 Å². The standard InChI is InChI=1S/C19H24FN5O4S/c1-11-9-25(6-7-29-11)18-16-15(22-10-23-18)17(19(2,21)24-16)30(26,27)14-5-4-12(20)8-13(14)28-3/h4-5,8,10-11,17,24H,6-7,9,21H2,1-3H3. The molecule has 1 saturated heterocycles. The van der Waals surface area contributed by atoms with E-state index < -0.39 is 26.6 Å². The number of ether oxygens (including phenoxy) is 2. The van der Waals surface area contributed by atoms with E-state index >= 15 is 0 Å². The number of fused-ring (bicyclic) bond motifs is 1. The number of nitrogens with two attached hydrogens (primary N) is 1. The molecule has 1 aromatic heterocycles. The monoisotopic (exact) mass is 437 g/mol. The van der Waals surface area contributed by atoms with Crippen LogP contribution in [0.4, 0.5) is 15.9 Å². The summed E-state index contributed by atoms with van der Waals surface area (Å²) in [6.45, 7) is 5.30. The van der Waals surface area contributed by atoms with Gasteiger partial charge >= 0.3 is 0 Å². The summed E-state index contributed by atoms with van der Waals surface area (Å²) >= 11 is 0. The second-order valence-corrected chi connectivity index (χ2v) is 9.71. The highest BCUT2D eigenvalue weighted by Crippen LogP contribution is 2.48. The first-order valence-corrected chi connectivity index (χ1v) is 11.1. The molecular formula is C19H24FN5O4S. The first-order valence-electron chi connectivity index (χ1n) is 9.51. The molecule has 0 radical (unpaired) electrons. The fraction of sp³-hybridized carbons (Fsp3) is 0.474. The third kappa shape index (κ3) is 3.36. The molecule has 0 saturated carbocycles. The van der Waals surface area contributed by atoms with Crippen molar-refractivity contribution >= 4 is 21.3 Å². The number of sulfone groups is 1. The van der Waals surface area contributed by atoms with Gasteiger partial charge < -0.3 is 25.4 Å². The van der Waals surface area contributed by atoms with Crippen LogP contribution in [0.1, 0.15) is 24.8 Å². The van der Waals surface area contributed by atoms with Gasteiger partial charge in [-0.05, 0) is 26.0 Å². The number of rotatable bonds is 4. The summed E-state index contributed by atoms with van der Waals surface area (Å²) in [5.41, 5.74) is 5.81. The van der Waals surface area contributed by atoms with Crippen molar-refractivity contribution in [1.29, 1.82) is 0 Å². The maximum Gasteiger partial charge on any atom is 0.194 e. The van der Waals surface area contributed by atoms with Crippen LogP contribution < -0.4 is 20.7 Å². The Labute approximate surface area is 174 Å². The van der Waals surface area contributed by atoms with Crippen molar-refractivity contribution in [2.75, 3.05) is 37.0 Å². The van der Waals surface area contributed by atoms with Gasteiger partial charge in [0.1, 0.15) is 39.4 Å². The molecule has 0 spiro atoms. The Balaban J connectivity index is 1.83.